The van der Waals surface area contributed by atoms with E-state index in [0.717, 1.165) is 12.8 Å². The van der Waals surface area contributed by atoms with Crippen LogP contribution < -0.4 is 0 Å². The average Bonchev–Trinajstić information content (AvgIpc) is 1.91. The van der Waals surface area contributed by atoms with Gasteiger partial charge < -0.3 is 0 Å². The number of nitriles is 1. The van der Waals surface area contributed by atoms with E-state index in [2.05, 4.69) is 13.8 Å². The quantitative estimate of drug-likeness (QED) is 0.529. The van der Waals surface area contributed by atoms with E-state index in [1.54, 1.807) is 6.08 Å². The van der Waals surface area contributed by atoms with Crippen molar-refractivity contribution in [1.82, 2.24) is 0 Å². The summed E-state index contributed by atoms with van der Waals surface area (Å²) in [5.41, 5.74) is 0. The van der Waals surface area contributed by atoms with E-state index in [0.29, 0.717) is 5.92 Å². The second-order valence-corrected chi connectivity index (χ2v) is 2.06. The standard InChI is InChI=1S/C8H13N/c1-3-8(4-2)6-5-7-9/h5-6,8H,3-4H2,1-2H3/b6-5+. The molecule has 0 heterocycles. The molecule has 0 aromatic heterocycles. The molecule has 9 heavy (non-hydrogen) atoms. The maximum atomic E-state index is 8.17. The van der Waals surface area contributed by atoms with Crippen LogP contribution in [0.1, 0.15) is 26.7 Å². The molecular formula is C8H13N. The summed E-state index contributed by atoms with van der Waals surface area (Å²) in [5, 5.41) is 8.17. The summed E-state index contributed by atoms with van der Waals surface area (Å²) in [4.78, 5) is 0. The van der Waals surface area contributed by atoms with Gasteiger partial charge in [0, 0.05) is 6.08 Å². The number of hydrogen-bond donors (Lipinski definition) is 0. The molecule has 0 aromatic carbocycles. The number of rotatable bonds is 3. The smallest absolute Gasteiger partial charge is 0.0908 e. The summed E-state index contributed by atoms with van der Waals surface area (Å²) in [7, 11) is 0. The third-order valence-electron chi connectivity index (χ3n) is 1.49. The Morgan fingerprint density at radius 2 is 2.00 bits per heavy atom. The fourth-order valence-electron chi connectivity index (χ4n) is 0.740. The third-order valence-corrected chi connectivity index (χ3v) is 1.49. The molecule has 0 fully saturated rings. The number of hydrogen-bond acceptors (Lipinski definition) is 1. The van der Waals surface area contributed by atoms with E-state index in [1.807, 2.05) is 12.1 Å². The van der Waals surface area contributed by atoms with Gasteiger partial charge in [0.25, 0.3) is 0 Å². The van der Waals surface area contributed by atoms with Crippen molar-refractivity contribution < 1.29 is 0 Å². The fraction of sp³-hybridized carbons (Fsp3) is 0.625. The first-order chi connectivity index (χ1) is 4.35. The third kappa shape index (κ3) is 3.78. The van der Waals surface area contributed by atoms with Crippen molar-refractivity contribution in [2.45, 2.75) is 26.7 Å². The zero-order valence-corrected chi connectivity index (χ0v) is 6.09. The van der Waals surface area contributed by atoms with Crippen LogP contribution in [0.3, 0.4) is 0 Å². The molecule has 50 valence electrons. The molecular weight excluding hydrogens is 110 g/mol. The van der Waals surface area contributed by atoms with Gasteiger partial charge in [0.2, 0.25) is 0 Å². The zero-order chi connectivity index (χ0) is 7.11. The maximum absolute atomic E-state index is 8.17. The first-order valence-electron chi connectivity index (χ1n) is 3.41. The predicted octanol–water partition coefficient (Wildman–Crippen LogP) is 2.50. The fourth-order valence-corrected chi connectivity index (χ4v) is 0.740. The average molecular weight is 123 g/mol. The molecule has 0 aliphatic carbocycles. The Morgan fingerprint density at radius 1 is 1.44 bits per heavy atom. The highest BCUT2D eigenvalue weighted by atomic mass is 14.2. The van der Waals surface area contributed by atoms with Crippen molar-refractivity contribution in [2.75, 3.05) is 0 Å². The van der Waals surface area contributed by atoms with Crippen molar-refractivity contribution in [1.29, 1.82) is 5.26 Å². The molecule has 0 rings (SSSR count). The topological polar surface area (TPSA) is 23.8 Å². The molecule has 0 saturated heterocycles. The van der Waals surface area contributed by atoms with Gasteiger partial charge in [-0.2, -0.15) is 5.26 Å². The van der Waals surface area contributed by atoms with Crippen molar-refractivity contribution in [3.63, 3.8) is 0 Å². The van der Waals surface area contributed by atoms with E-state index >= 15 is 0 Å². The van der Waals surface area contributed by atoms with Crippen LogP contribution in [0.15, 0.2) is 12.2 Å². The normalized spacial score (nSPS) is 10.4. The first kappa shape index (κ1) is 8.23. The molecule has 0 radical (unpaired) electrons. The summed E-state index contributed by atoms with van der Waals surface area (Å²) < 4.78 is 0. The van der Waals surface area contributed by atoms with Crippen LogP contribution in [-0.4, -0.2) is 0 Å². The van der Waals surface area contributed by atoms with Crippen LogP contribution in [0.2, 0.25) is 0 Å². The van der Waals surface area contributed by atoms with Gasteiger partial charge in [-0.3, -0.25) is 0 Å². The van der Waals surface area contributed by atoms with Crippen LogP contribution in [-0.2, 0) is 0 Å². The summed E-state index contributed by atoms with van der Waals surface area (Å²) in [6.45, 7) is 4.27. The Hall–Kier alpha value is -0.770. The van der Waals surface area contributed by atoms with Crippen molar-refractivity contribution in [2.24, 2.45) is 5.92 Å². The Labute approximate surface area is 57.0 Å². The summed E-state index contributed by atoms with van der Waals surface area (Å²) in [6.07, 6.45) is 5.81. The minimum Gasteiger partial charge on any atom is -0.193 e. The second-order valence-electron chi connectivity index (χ2n) is 2.06. The molecule has 0 bridgehead atoms. The summed E-state index contributed by atoms with van der Waals surface area (Å²) in [5.74, 6) is 0.602. The van der Waals surface area contributed by atoms with Gasteiger partial charge in [-0.25, -0.2) is 0 Å². The van der Waals surface area contributed by atoms with Crippen LogP contribution in [0.25, 0.3) is 0 Å². The highest BCUT2D eigenvalue weighted by Gasteiger charge is 1.94. The second kappa shape index (κ2) is 5.37. The van der Waals surface area contributed by atoms with Gasteiger partial charge in [0.05, 0.1) is 6.07 Å². The maximum Gasteiger partial charge on any atom is 0.0908 e. The highest BCUT2D eigenvalue weighted by molar-refractivity contribution is 5.03. The molecule has 0 aliphatic rings. The van der Waals surface area contributed by atoms with Gasteiger partial charge in [0.15, 0.2) is 0 Å². The first-order valence-corrected chi connectivity index (χ1v) is 3.41. The molecule has 0 aliphatic heterocycles. The lowest BCUT2D eigenvalue weighted by Gasteiger charge is -2.02. The van der Waals surface area contributed by atoms with Crippen LogP contribution in [0.5, 0.6) is 0 Å². The van der Waals surface area contributed by atoms with Crippen LogP contribution >= 0.6 is 0 Å². The molecule has 0 unspecified atom stereocenters. The van der Waals surface area contributed by atoms with Gasteiger partial charge in [-0.05, 0) is 18.8 Å². The van der Waals surface area contributed by atoms with Gasteiger partial charge in [0.1, 0.15) is 0 Å². The minimum atomic E-state index is 0.602. The zero-order valence-electron chi connectivity index (χ0n) is 6.09. The van der Waals surface area contributed by atoms with Gasteiger partial charge in [-0.15, -0.1) is 0 Å². The van der Waals surface area contributed by atoms with Crippen molar-refractivity contribution in [3.05, 3.63) is 12.2 Å². The number of nitrogens with zero attached hydrogens (tertiary/aromatic N) is 1. The molecule has 1 nitrogen and oxygen atoms in total. The van der Waals surface area contributed by atoms with Crippen LogP contribution in [0, 0.1) is 17.2 Å². The Balaban J connectivity index is 3.57. The van der Waals surface area contributed by atoms with Crippen LogP contribution in [0.4, 0.5) is 0 Å². The lowest BCUT2D eigenvalue weighted by atomic mass is 10.0. The lowest BCUT2D eigenvalue weighted by molar-refractivity contribution is 0.606. The SMILES string of the molecule is CCC(/C=C/C#N)CC. The van der Waals surface area contributed by atoms with E-state index in [-0.39, 0.29) is 0 Å². The summed E-state index contributed by atoms with van der Waals surface area (Å²) >= 11 is 0. The Kier molecular flexibility index (Phi) is 4.91. The Morgan fingerprint density at radius 3 is 2.33 bits per heavy atom. The van der Waals surface area contributed by atoms with Gasteiger partial charge in [-0.1, -0.05) is 19.9 Å². The lowest BCUT2D eigenvalue weighted by Crippen LogP contribution is -1.89. The van der Waals surface area contributed by atoms with E-state index < -0.39 is 0 Å². The van der Waals surface area contributed by atoms with E-state index in [4.69, 9.17) is 5.26 Å². The van der Waals surface area contributed by atoms with Gasteiger partial charge >= 0.3 is 0 Å². The van der Waals surface area contributed by atoms with E-state index in [9.17, 15) is 0 Å². The predicted molar refractivity (Wildman–Crippen MR) is 38.8 cm³/mol. The molecule has 0 saturated carbocycles. The molecule has 1 heteroatoms. The number of allylic oxidation sites excluding steroid dienone is 2. The molecule has 0 amide bonds. The molecule has 0 N–H and O–H groups in total. The largest absolute Gasteiger partial charge is 0.193 e. The molecule has 0 spiro atoms. The van der Waals surface area contributed by atoms with Crippen molar-refractivity contribution in [3.8, 4) is 6.07 Å². The highest BCUT2D eigenvalue weighted by Crippen LogP contribution is 2.07. The van der Waals surface area contributed by atoms with E-state index in [1.165, 1.54) is 0 Å². The molecule has 0 atom stereocenters. The monoisotopic (exact) mass is 123 g/mol. The summed E-state index contributed by atoms with van der Waals surface area (Å²) in [6, 6.07) is 1.99. The Bertz CT molecular complexity index is 115. The molecule has 0 aromatic rings. The minimum absolute atomic E-state index is 0.602. The van der Waals surface area contributed by atoms with Crippen molar-refractivity contribution >= 4 is 0 Å².